The van der Waals surface area contributed by atoms with Crippen LogP contribution in [0, 0.1) is 11.8 Å². The summed E-state index contributed by atoms with van der Waals surface area (Å²) < 4.78 is 1.78. The molecule has 6 nitrogen and oxygen atoms in total. The van der Waals surface area contributed by atoms with Crippen LogP contribution in [0.15, 0.2) is 23.6 Å². The number of aliphatic hydroxyl groups is 1. The SMILES string of the molecule is Cn1nc(C(=O)N2C[C@@H](CN3CCCC3)[C@@H](CO)C2)cc1-c1cccs1. The van der Waals surface area contributed by atoms with E-state index in [2.05, 4.69) is 10.00 Å². The minimum atomic E-state index is -0.0224. The molecule has 140 valence electrons. The molecule has 0 radical (unpaired) electrons. The van der Waals surface area contributed by atoms with Crippen LogP contribution >= 0.6 is 11.3 Å². The first kappa shape index (κ1) is 17.7. The van der Waals surface area contributed by atoms with E-state index in [9.17, 15) is 9.90 Å². The van der Waals surface area contributed by atoms with Crippen molar-refractivity contribution < 1.29 is 9.90 Å². The summed E-state index contributed by atoms with van der Waals surface area (Å²) in [6.07, 6.45) is 2.52. The summed E-state index contributed by atoms with van der Waals surface area (Å²) in [5, 5.41) is 16.3. The van der Waals surface area contributed by atoms with Crippen LogP contribution < -0.4 is 0 Å². The fourth-order valence-electron chi connectivity index (χ4n) is 4.20. The van der Waals surface area contributed by atoms with Gasteiger partial charge in [0.1, 0.15) is 0 Å². The molecule has 2 atom stereocenters. The normalized spacial score (nSPS) is 23.8. The Hall–Kier alpha value is -1.70. The fourth-order valence-corrected chi connectivity index (χ4v) is 4.98. The average molecular weight is 375 g/mol. The van der Waals surface area contributed by atoms with Crippen molar-refractivity contribution in [2.24, 2.45) is 18.9 Å². The largest absolute Gasteiger partial charge is 0.396 e. The number of likely N-dealkylation sites (tertiary alicyclic amines) is 2. The molecule has 1 N–H and O–H groups in total. The van der Waals surface area contributed by atoms with Gasteiger partial charge in [-0.2, -0.15) is 5.10 Å². The molecule has 2 fully saturated rings. The number of aliphatic hydroxyl groups excluding tert-OH is 1. The first-order chi connectivity index (χ1) is 12.7. The van der Waals surface area contributed by atoms with Crippen molar-refractivity contribution in [3.05, 3.63) is 29.3 Å². The second kappa shape index (κ2) is 7.50. The quantitative estimate of drug-likeness (QED) is 0.869. The molecule has 2 aliphatic rings. The maximum atomic E-state index is 13.0. The summed E-state index contributed by atoms with van der Waals surface area (Å²) in [7, 11) is 1.88. The maximum Gasteiger partial charge on any atom is 0.274 e. The van der Waals surface area contributed by atoms with Gasteiger partial charge in [0.15, 0.2) is 5.69 Å². The second-order valence-electron chi connectivity index (χ2n) is 7.44. The number of thiophene rings is 1. The lowest BCUT2D eigenvalue weighted by atomic mass is 9.96. The van der Waals surface area contributed by atoms with Crippen LogP contribution in [-0.2, 0) is 7.05 Å². The molecule has 0 bridgehead atoms. The van der Waals surface area contributed by atoms with E-state index in [0.29, 0.717) is 24.7 Å². The summed E-state index contributed by atoms with van der Waals surface area (Å²) in [4.78, 5) is 18.4. The van der Waals surface area contributed by atoms with Crippen LogP contribution in [0.4, 0.5) is 0 Å². The van der Waals surface area contributed by atoms with E-state index in [1.54, 1.807) is 16.0 Å². The average Bonchev–Trinajstić information content (AvgIpc) is 3.42. The highest BCUT2D eigenvalue weighted by atomic mass is 32.1. The first-order valence-electron chi connectivity index (χ1n) is 9.36. The standard InChI is InChI=1S/C19H26N4O2S/c1-21-17(18-5-4-8-26-18)9-16(20-21)19(25)23-11-14(15(12-23)13-24)10-22-6-2-3-7-22/h4-5,8-9,14-15,24H,2-3,6-7,10-13H2,1H3/t14-,15-/m1/s1. The molecule has 26 heavy (non-hydrogen) atoms. The van der Waals surface area contributed by atoms with Crippen LogP contribution in [-0.4, -0.2) is 69.9 Å². The number of carbonyl (C=O) groups excluding carboxylic acids is 1. The summed E-state index contributed by atoms with van der Waals surface area (Å²) >= 11 is 1.65. The van der Waals surface area contributed by atoms with E-state index in [1.165, 1.54) is 12.8 Å². The van der Waals surface area contributed by atoms with Crippen molar-refractivity contribution in [2.75, 3.05) is 39.3 Å². The molecule has 0 spiro atoms. The van der Waals surface area contributed by atoms with Gasteiger partial charge in [-0.1, -0.05) is 6.07 Å². The highest BCUT2D eigenvalue weighted by Gasteiger charge is 2.37. The number of aromatic nitrogens is 2. The van der Waals surface area contributed by atoms with Crippen LogP contribution in [0.5, 0.6) is 0 Å². The predicted octanol–water partition coefficient (Wildman–Crippen LogP) is 1.92. The summed E-state index contributed by atoms with van der Waals surface area (Å²) in [6.45, 7) is 4.76. The van der Waals surface area contributed by atoms with Crippen LogP contribution in [0.1, 0.15) is 23.3 Å². The zero-order valence-corrected chi connectivity index (χ0v) is 16.0. The van der Waals surface area contributed by atoms with Crippen LogP contribution in [0.2, 0.25) is 0 Å². The van der Waals surface area contributed by atoms with Gasteiger partial charge in [-0.05, 0) is 49.4 Å². The minimum absolute atomic E-state index is 0.0224. The van der Waals surface area contributed by atoms with E-state index in [1.807, 2.05) is 35.5 Å². The monoisotopic (exact) mass is 374 g/mol. The predicted molar refractivity (Wildman–Crippen MR) is 102 cm³/mol. The molecular formula is C19H26N4O2S. The lowest BCUT2D eigenvalue weighted by Crippen LogP contribution is -2.32. The zero-order valence-electron chi connectivity index (χ0n) is 15.2. The Kier molecular flexibility index (Phi) is 5.11. The fraction of sp³-hybridized carbons (Fsp3) is 0.579. The molecule has 2 aromatic rings. The Bertz CT molecular complexity index is 752. The molecule has 0 unspecified atom stereocenters. The molecule has 2 aromatic heterocycles. The molecule has 7 heteroatoms. The van der Waals surface area contributed by atoms with Gasteiger partial charge >= 0.3 is 0 Å². The number of aryl methyl sites for hydroxylation is 1. The van der Waals surface area contributed by atoms with E-state index in [0.717, 1.165) is 30.2 Å². The third-order valence-corrected chi connectivity index (χ3v) is 6.55. The third kappa shape index (κ3) is 3.43. The molecule has 1 amide bonds. The number of amides is 1. The lowest BCUT2D eigenvalue weighted by molar-refractivity contribution is 0.0772. The van der Waals surface area contributed by atoms with E-state index in [-0.39, 0.29) is 18.4 Å². The van der Waals surface area contributed by atoms with Gasteiger partial charge < -0.3 is 14.9 Å². The zero-order chi connectivity index (χ0) is 18.1. The maximum absolute atomic E-state index is 13.0. The highest BCUT2D eigenvalue weighted by Crippen LogP contribution is 2.29. The summed E-state index contributed by atoms with van der Waals surface area (Å²) in [5.41, 5.74) is 1.46. The topological polar surface area (TPSA) is 61.6 Å². The summed E-state index contributed by atoms with van der Waals surface area (Å²) in [5.74, 6) is 0.494. The Labute approximate surface area is 158 Å². The van der Waals surface area contributed by atoms with Crippen LogP contribution in [0.3, 0.4) is 0 Å². The Morgan fingerprint density at radius 3 is 2.77 bits per heavy atom. The first-order valence-corrected chi connectivity index (χ1v) is 10.2. The smallest absolute Gasteiger partial charge is 0.274 e. The Morgan fingerprint density at radius 1 is 1.31 bits per heavy atom. The van der Waals surface area contributed by atoms with Crippen molar-refractivity contribution >= 4 is 17.2 Å². The van der Waals surface area contributed by atoms with Gasteiger partial charge in [-0.3, -0.25) is 9.48 Å². The van der Waals surface area contributed by atoms with Crippen molar-refractivity contribution in [3.63, 3.8) is 0 Å². The molecule has 0 saturated carbocycles. The molecular weight excluding hydrogens is 348 g/mol. The van der Waals surface area contributed by atoms with Crippen LogP contribution in [0.25, 0.3) is 10.6 Å². The molecule has 0 aliphatic carbocycles. The number of hydrogen-bond acceptors (Lipinski definition) is 5. The molecule has 4 heterocycles. The van der Waals surface area contributed by atoms with Crippen molar-refractivity contribution in [1.82, 2.24) is 19.6 Å². The number of carbonyl (C=O) groups is 1. The van der Waals surface area contributed by atoms with E-state index >= 15 is 0 Å². The number of hydrogen-bond donors (Lipinski definition) is 1. The Balaban J connectivity index is 1.47. The summed E-state index contributed by atoms with van der Waals surface area (Å²) in [6, 6.07) is 5.93. The second-order valence-corrected chi connectivity index (χ2v) is 8.38. The van der Waals surface area contributed by atoms with Crippen molar-refractivity contribution in [1.29, 1.82) is 0 Å². The van der Waals surface area contributed by atoms with E-state index < -0.39 is 0 Å². The highest BCUT2D eigenvalue weighted by molar-refractivity contribution is 7.13. The van der Waals surface area contributed by atoms with Crippen molar-refractivity contribution in [2.45, 2.75) is 12.8 Å². The van der Waals surface area contributed by atoms with Gasteiger partial charge in [0, 0.05) is 39.2 Å². The van der Waals surface area contributed by atoms with Gasteiger partial charge in [-0.25, -0.2) is 0 Å². The lowest BCUT2D eigenvalue weighted by Gasteiger charge is -2.22. The molecule has 2 saturated heterocycles. The Morgan fingerprint density at radius 2 is 2.08 bits per heavy atom. The van der Waals surface area contributed by atoms with Crippen molar-refractivity contribution in [3.8, 4) is 10.6 Å². The molecule has 4 rings (SSSR count). The van der Waals surface area contributed by atoms with Gasteiger partial charge in [0.05, 0.1) is 10.6 Å². The van der Waals surface area contributed by atoms with Gasteiger partial charge in [0.25, 0.3) is 5.91 Å². The molecule has 0 aromatic carbocycles. The van der Waals surface area contributed by atoms with Gasteiger partial charge in [0.2, 0.25) is 0 Å². The van der Waals surface area contributed by atoms with E-state index in [4.69, 9.17) is 0 Å². The van der Waals surface area contributed by atoms with Gasteiger partial charge in [-0.15, -0.1) is 11.3 Å². The number of nitrogens with zero attached hydrogens (tertiary/aromatic N) is 4. The number of rotatable bonds is 5. The molecule has 2 aliphatic heterocycles. The third-order valence-electron chi connectivity index (χ3n) is 5.66. The minimum Gasteiger partial charge on any atom is -0.396 e.